The van der Waals surface area contributed by atoms with Crippen LogP contribution >= 0.6 is 0 Å². The number of benzene rings is 2. The number of rotatable bonds is 6. The van der Waals surface area contributed by atoms with E-state index in [2.05, 4.69) is 79.7 Å². The Morgan fingerprint density at radius 2 is 0.897 bits per heavy atom. The van der Waals surface area contributed by atoms with Crippen LogP contribution in [0.1, 0.15) is 61.1 Å². The summed E-state index contributed by atoms with van der Waals surface area (Å²) in [6.07, 6.45) is -0.175. The summed E-state index contributed by atoms with van der Waals surface area (Å²) in [5, 5.41) is 0. The van der Waals surface area contributed by atoms with Crippen molar-refractivity contribution in [2.24, 2.45) is 9.98 Å². The highest BCUT2D eigenvalue weighted by Gasteiger charge is 2.15. The Balaban J connectivity index is 2.19. The van der Waals surface area contributed by atoms with Gasteiger partial charge in [-0.15, -0.1) is 0 Å². The highest BCUT2D eigenvalue weighted by atomic mass is 16.5. The van der Waals surface area contributed by atoms with Crippen molar-refractivity contribution in [3.05, 3.63) is 57.6 Å². The zero-order valence-electron chi connectivity index (χ0n) is 19.8. The second-order valence-electron chi connectivity index (χ2n) is 8.42. The quantitative estimate of drug-likeness (QED) is 0.478. The second-order valence-corrected chi connectivity index (χ2v) is 8.42. The summed E-state index contributed by atoms with van der Waals surface area (Å²) >= 11 is 0. The summed E-state index contributed by atoms with van der Waals surface area (Å²) in [5.74, 6) is 0. The van der Waals surface area contributed by atoms with Crippen molar-refractivity contribution in [2.75, 3.05) is 0 Å². The summed E-state index contributed by atoms with van der Waals surface area (Å²) in [5.41, 5.74) is 11.4. The molecule has 2 unspecified atom stereocenters. The van der Waals surface area contributed by atoms with Gasteiger partial charge in [0, 0.05) is 11.4 Å². The minimum Gasteiger partial charge on any atom is -0.364 e. The van der Waals surface area contributed by atoms with E-state index in [4.69, 9.17) is 14.7 Å². The minimum absolute atomic E-state index is 0.0875. The molecule has 29 heavy (non-hydrogen) atoms. The number of nitrogens with zero attached hydrogens (tertiary/aromatic N) is 2. The summed E-state index contributed by atoms with van der Waals surface area (Å²) < 4.78 is 6.26. The van der Waals surface area contributed by atoms with E-state index >= 15 is 0 Å². The van der Waals surface area contributed by atoms with Crippen LogP contribution in [0, 0.1) is 41.5 Å². The highest BCUT2D eigenvalue weighted by Crippen LogP contribution is 2.27. The van der Waals surface area contributed by atoms with Gasteiger partial charge in [-0.05, 0) is 91.5 Å². The molecule has 156 valence electrons. The molecule has 0 bridgehead atoms. The molecule has 2 aromatic rings. The van der Waals surface area contributed by atoms with E-state index in [1.165, 1.54) is 33.4 Å². The SMILES string of the molecule is CC(=Nc1c(C)cc(C)cc1C)C(C)OC(C)C(C)=Nc1c(C)cc(C)cc1C. The fraction of sp³-hybridized carbons (Fsp3) is 0.462. The van der Waals surface area contributed by atoms with Crippen LogP contribution in [-0.2, 0) is 4.74 Å². The third kappa shape index (κ3) is 5.86. The molecule has 0 heterocycles. The predicted octanol–water partition coefficient (Wildman–Crippen LogP) is 7.22. The van der Waals surface area contributed by atoms with Crippen molar-refractivity contribution in [1.29, 1.82) is 0 Å². The lowest BCUT2D eigenvalue weighted by molar-refractivity contribution is 0.0852. The van der Waals surface area contributed by atoms with E-state index in [1.54, 1.807) is 0 Å². The Bertz CT molecular complexity index is 830. The molecule has 0 amide bonds. The Labute approximate surface area is 177 Å². The van der Waals surface area contributed by atoms with Gasteiger partial charge >= 0.3 is 0 Å². The van der Waals surface area contributed by atoms with Crippen molar-refractivity contribution in [1.82, 2.24) is 0 Å². The number of ether oxygens (including phenoxy) is 1. The standard InChI is InChI=1S/C26H36N2O/c1-15-11-17(3)25(18(4)12-15)27-21(7)23(9)29-24(10)22(8)28-26-19(5)13-16(2)14-20(26)6/h11-14,23-24H,1-10H3. The van der Waals surface area contributed by atoms with Crippen LogP contribution in [0.25, 0.3) is 0 Å². The fourth-order valence-corrected chi connectivity index (χ4v) is 3.74. The normalized spacial score (nSPS) is 14.8. The van der Waals surface area contributed by atoms with Gasteiger partial charge in [0.05, 0.1) is 23.6 Å². The maximum atomic E-state index is 6.26. The average molecular weight is 393 g/mol. The number of hydrogen-bond acceptors (Lipinski definition) is 3. The van der Waals surface area contributed by atoms with Gasteiger partial charge in [0.15, 0.2) is 0 Å². The molecule has 3 nitrogen and oxygen atoms in total. The predicted molar refractivity (Wildman–Crippen MR) is 127 cm³/mol. The van der Waals surface area contributed by atoms with Crippen LogP contribution in [0.5, 0.6) is 0 Å². The van der Waals surface area contributed by atoms with E-state index in [9.17, 15) is 0 Å². The Morgan fingerprint density at radius 3 is 1.17 bits per heavy atom. The lowest BCUT2D eigenvalue weighted by Gasteiger charge is -2.20. The molecule has 2 rings (SSSR count). The van der Waals surface area contributed by atoms with Crippen LogP contribution in [0.2, 0.25) is 0 Å². The molecule has 0 aliphatic rings. The molecule has 2 atom stereocenters. The van der Waals surface area contributed by atoms with Gasteiger partial charge in [0.25, 0.3) is 0 Å². The molecule has 0 fully saturated rings. The summed E-state index contributed by atoms with van der Waals surface area (Å²) in [6.45, 7) is 20.9. The molecular weight excluding hydrogens is 356 g/mol. The van der Waals surface area contributed by atoms with Crippen LogP contribution in [0.15, 0.2) is 34.3 Å². The first kappa shape index (κ1) is 23.0. The Morgan fingerprint density at radius 1 is 0.621 bits per heavy atom. The Kier molecular flexibility index (Phi) is 7.54. The van der Waals surface area contributed by atoms with E-state index in [-0.39, 0.29) is 12.2 Å². The molecule has 3 heteroatoms. The average Bonchev–Trinajstić information content (AvgIpc) is 2.60. The molecule has 0 N–H and O–H groups in total. The maximum Gasteiger partial charge on any atom is 0.0933 e. The zero-order chi connectivity index (χ0) is 21.9. The van der Waals surface area contributed by atoms with Crippen molar-refractivity contribution >= 4 is 22.8 Å². The molecule has 0 aromatic heterocycles. The van der Waals surface area contributed by atoms with E-state index in [0.717, 1.165) is 22.8 Å². The third-order valence-electron chi connectivity index (χ3n) is 5.43. The van der Waals surface area contributed by atoms with Gasteiger partial charge in [0.2, 0.25) is 0 Å². The van der Waals surface area contributed by atoms with Crippen LogP contribution in [-0.4, -0.2) is 23.6 Å². The van der Waals surface area contributed by atoms with Crippen molar-refractivity contribution in [2.45, 2.75) is 81.4 Å². The molecule has 0 spiro atoms. The van der Waals surface area contributed by atoms with Gasteiger partial charge in [-0.3, -0.25) is 9.98 Å². The van der Waals surface area contributed by atoms with Crippen molar-refractivity contribution < 1.29 is 4.74 Å². The van der Waals surface area contributed by atoms with Gasteiger partial charge in [-0.1, -0.05) is 35.4 Å². The smallest absolute Gasteiger partial charge is 0.0933 e. The monoisotopic (exact) mass is 392 g/mol. The molecule has 0 saturated heterocycles. The molecular formula is C26H36N2O. The van der Waals surface area contributed by atoms with Gasteiger partial charge in [-0.2, -0.15) is 0 Å². The fourth-order valence-electron chi connectivity index (χ4n) is 3.74. The van der Waals surface area contributed by atoms with E-state index in [0.29, 0.717) is 0 Å². The van der Waals surface area contributed by atoms with Crippen LogP contribution < -0.4 is 0 Å². The summed E-state index contributed by atoms with van der Waals surface area (Å²) in [7, 11) is 0. The first-order chi connectivity index (χ1) is 13.5. The Hall–Kier alpha value is -2.26. The maximum absolute atomic E-state index is 6.26. The highest BCUT2D eigenvalue weighted by molar-refractivity contribution is 5.91. The minimum atomic E-state index is -0.0875. The lowest BCUT2D eigenvalue weighted by Crippen LogP contribution is -2.28. The van der Waals surface area contributed by atoms with Gasteiger partial charge in [0.1, 0.15) is 0 Å². The molecule has 0 saturated carbocycles. The number of aryl methyl sites for hydroxylation is 6. The second kappa shape index (κ2) is 9.49. The lowest BCUT2D eigenvalue weighted by atomic mass is 10.1. The summed E-state index contributed by atoms with van der Waals surface area (Å²) in [6, 6.07) is 8.71. The largest absolute Gasteiger partial charge is 0.364 e. The number of aliphatic imine (C=N–C) groups is 2. The molecule has 0 aliphatic carbocycles. The third-order valence-corrected chi connectivity index (χ3v) is 5.43. The molecule has 0 radical (unpaired) electrons. The van der Waals surface area contributed by atoms with Crippen molar-refractivity contribution in [3.8, 4) is 0 Å². The first-order valence-corrected chi connectivity index (χ1v) is 10.4. The topological polar surface area (TPSA) is 34.0 Å². The van der Waals surface area contributed by atoms with Crippen LogP contribution in [0.3, 0.4) is 0 Å². The van der Waals surface area contributed by atoms with Gasteiger partial charge in [-0.25, -0.2) is 0 Å². The summed E-state index contributed by atoms with van der Waals surface area (Å²) in [4.78, 5) is 9.77. The zero-order valence-corrected chi connectivity index (χ0v) is 19.8. The molecule has 2 aromatic carbocycles. The molecule has 0 aliphatic heterocycles. The van der Waals surface area contributed by atoms with E-state index in [1.807, 2.05) is 13.8 Å². The van der Waals surface area contributed by atoms with Crippen molar-refractivity contribution in [3.63, 3.8) is 0 Å². The van der Waals surface area contributed by atoms with E-state index < -0.39 is 0 Å². The van der Waals surface area contributed by atoms with Crippen LogP contribution in [0.4, 0.5) is 11.4 Å². The number of hydrogen-bond donors (Lipinski definition) is 0. The first-order valence-electron chi connectivity index (χ1n) is 10.4. The van der Waals surface area contributed by atoms with Gasteiger partial charge < -0.3 is 4.74 Å².